The second-order valence-corrected chi connectivity index (χ2v) is 6.84. The van der Waals surface area contributed by atoms with Crippen LogP contribution in [0.1, 0.15) is 37.8 Å². The maximum absolute atomic E-state index is 10.8. The van der Waals surface area contributed by atoms with Crippen LogP contribution in [0.5, 0.6) is 0 Å². The van der Waals surface area contributed by atoms with E-state index in [4.69, 9.17) is 0 Å². The van der Waals surface area contributed by atoms with Crippen molar-refractivity contribution in [1.29, 1.82) is 0 Å². The molecule has 0 amide bonds. The van der Waals surface area contributed by atoms with Crippen LogP contribution in [0.15, 0.2) is 73.3 Å². The van der Waals surface area contributed by atoms with Crippen LogP contribution < -0.4 is 0 Å². The minimum Gasteiger partial charge on any atom is -0.391 e. The van der Waals surface area contributed by atoms with Crippen molar-refractivity contribution in [3.05, 3.63) is 84.4 Å². The van der Waals surface area contributed by atoms with Crippen LogP contribution in [0.4, 0.5) is 0 Å². The van der Waals surface area contributed by atoms with E-state index in [1.165, 1.54) is 11.1 Å². The van der Waals surface area contributed by atoms with Gasteiger partial charge in [0.25, 0.3) is 0 Å². The molecule has 2 nitrogen and oxygen atoms in total. The highest BCUT2D eigenvalue weighted by Gasteiger charge is 2.29. The third kappa shape index (κ3) is 5.84. The van der Waals surface area contributed by atoms with E-state index in [0.717, 1.165) is 19.5 Å². The van der Waals surface area contributed by atoms with Crippen LogP contribution in [0.2, 0.25) is 0 Å². The molecule has 0 unspecified atom stereocenters. The van der Waals surface area contributed by atoms with Gasteiger partial charge in [-0.2, -0.15) is 0 Å². The summed E-state index contributed by atoms with van der Waals surface area (Å²) >= 11 is 0. The van der Waals surface area contributed by atoms with E-state index in [-0.39, 0.29) is 6.04 Å². The molecule has 0 heterocycles. The van der Waals surface area contributed by atoms with Crippen molar-refractivity contribution in [1.82, 2.24) is 4.90 Å². The van der Waals surface area contributed by atoms with Gasteiger partial charge in [-0.3, -0.25) is 4.90 Å². The predicted octanol–water partition coefficient (Wildman–Crippen LogP) is 5.04. The quantitative estimate of drug-likeness (QED) is 0.614. The Bertz CT molecular complexity index is 569. The molecule has 25 heavy (non-hydrogen) atoms. The third-order valence-electron chi connectivity index (χ3n) is 4.91. The molecule has 0 fully saturated rings. The molecule has 0 aliphatic heterocycles. The lowest BCUT2D eigenvalue weighted by molar-refractivity contribution is 0.0108. The van der Waals surface area contributed by atoms with Crippen molar-refractivity contribution in [2.45, 2.75) is 51.9 Å². The number of rotatable bonds is 10. The maximum atomic E-state index is 10.8. The average molecular weight is 338 g/mol. The standard InChI is InChI=1S/C23H31NO/c1-4-12-22(25)23(19(3)5-2)24(17-20-13-8-6-9-14-20)18-21-15-10-7-11-16-21/h4,6-11,13-16,19,22-23,25H,1,5,12,17-18H2,2-3H3/t19-,22+,23-/m0/s1. The average Bonchev–Trinajstić information content (AvgIpc) is 2.63. The fourth-order valence-electron chi connectivity index (χ4n) is 3.44. The van der Waals surface area contributed by atoms with E-state index in [9.17, 15) is 5.11 Å². The highest BCUT2D eigenvalue weighted by molar-refractivity contribution is 5.17. The van der Waals surface area contributed by atoms with Crippen LogP contribution in [-0.2, 0) is 13.1 Å². The molecule has 0 saturated carbocycles. The summed E-state index contributed by atoms with van der Waals surface area (Å²) in [5.41, 5.74) is 2.55. The highest BCUT2D eigenvalue weighted by atomic mass is 16.3. The van der Waals surface area contributed by atoms with E-state index < -0.39 is 6.10 Å². The minimum atomic E-state index is -0.403. The third-order valence-corrected chi connectivity index (χ3v) is 4.91. The second-order valence-electron chi connectivity index (χ2n) is 6.84. The number of hydrogen-bond acceptors (Lipinski definition) is 2. The lowest BCUT2D eigenvalue weighted by Gasteiger charge is -2.38. The van der Waals surface area contributed by atoms with E-state index in [1.807, 2.05) is 18.2 Å². The van der Waals surface area contributed by atoms with Crippen LogP contribution in [0, 0.1) is 5.92 Å². The molecule has 1 N–H and O–H groups in total. The largest absolute Gasteiger partial charge is 0.391 e. The van der Waals surface area contributed by atoms with E-state index in [0.29, 0.717) is 12.3 Å². The molecule has 0 bridgehead atoms. The molecular formula is C23H31NO. The molecular weight excluding hydrogens is 306 g/mol. The number of benzene rings is 2. The lowest BCUT2D eigenvalue weighted by atomic mass is 9.90. The van der Waals surface area contributed by atoms with Crippen LogP contribution >= 0.6 is 0 Å². The van der Waals surface area contributed by atoms with Gasteiger partial charge >= 0.3 is 0 Å². The molecule has 0 radical (unpaired) electrons. The zero-order chi connectivity index (χ0) is 18.1. The van der Waals surface area contributed by atoms with Gasteiger partial charge in [-0.05, 0) is 23.5 Å². The lowest BCUT2D eigenvalue weighted by Crippen LogP contribution is -2.46. The molecule has 0 aromatic heterocycles. The zero-order valence-electron chi connectivity index (χ0n) is 15.5. The molecule has 0 aliphatic carbocycles. The number of aliphatic hydroxyl groups is 1. The van der Waals surface area contributed by atoms with Gasteiger partial charge in [0.1, 0.15) is 0 Å². The van der Waals surface area contributed by atoms with Gasteiger partial charge in [-0.15, -0.1) is 6.58 Å². The van der Waals surface area contributed by atoms with Gasteiger partial charge in [0, 0.05) is 19.1 Å². The van der Waals surface area contributed by atoms with Crippen molar-refractivity contribution >= 4 is 0 Å². The van der Waals surface area contributed by atoms with Crippen LogP contribution in [0.25, 0.3) is 0 Å². The smallest absolute Gasteiger partial charge is 0.0732 e. The SMILES string of the molecule is C=CC[C@@H](O)[C@H]([C@@H](C)CC)N(Cc1ccccc1)Cc1ccccc1. The molecule has 0 spiro atoms. The first-order chi connectivity index (χ1) is 12.2. The number of nitrogens with zero attached hydrogens (tertiary/aromatic N) is 1. The first kappa shape index (κ1) is 19.4. The Morgan fingerprint density at radius 2 is 1.44 bits per heavy atom. The molecule has 0 saturated heterocycles. The van der Waals surface area contributed by atoms with Crippen molar-refractivity contribution < 1.29 is 5.11 Å². The van der Waals surface area contributed by atoms with Crippen molar-refractivity contribution in [3.8, 4) is 0 Å². The summed E-state index contributed by atoms with van der Waals surface area (Å²) in [5.74, 6) is 0.405. The summed E-state index contributed by atoms with van der Waals surface area (Å²) in [6, 6.07) is 21.1. The Kier molecular flexibility index (Phi) is 7.90. The Balaban J connectivity index is 2.30. The summed E-state index contributed by atoms with van der Waals surface area (Å²) in [5, 5.41) is 10.8. The summed E-state index contributed by atoms with van der Waals surface area (Å²) in [6.45, 7) is 9.91. The molecule has 3 atom stereocenters. The topological polar surface area (TPSA) is 23.5 Å². The Labute approximate surface area is 152 Å². The molecule has 2 heteroatoms. The normalized spacial score (nSPS) is 14.9. The van der Waals surface area contributed by atoms with Gasteiger partial charge in [-0.25, -0.2) is 0 Å². The van der Waals surface area contributed by atoms with Gasteiger partial charge in [0.05, 0.1) is 6.10 Å². The fraction of sp³-hybridized carbons (Fsp3) is 0.391. The summed E-state index contributed by atoms with van der Waals surface area (Å²) in [6.07, 6.45) is 3.08. The van der Waals surface area contributed by atoms with Gasteiger partial charge in [0.2, 0.25) is 0 Å². The van der Waals surface area contributed by atoms with Crippen molar-refractivity contribution in [2.24, 2.45) is 5.92 Å². The molecule has 2 aromatic carbocycles. The van der Waals surface area contributed by atoms with Crippen LogP contribution in [-0.4, -0.2) is 22.2 Å². The summed E-state index contributed by atoms with van der Waals surface area (Å²) < 4.78 is 0. The van der Waals surface area contributed by atoms with Gasteiger partial charge < -0.3 is 5.11 Å². The zero-order valence-corrected chi connectivity index (χ0v) is 15.5. The maximum Gasteiger partial charge on any atom is 0.0732 e. The minimum absolute atomic E-state index is 0.100. The van der Waals surface area contributed by atoms with Gasteiger partial charge in [0.15, 0.2) is 0 Å². The van der Waals surface area contributed by atoms with Gasteiger partial charge in [-0.1, -0.05) is 87.0 Å². The number of hydrogen-bond donors (Lipinski definition) is 1. The first-order valence-corrected chi connectivity index (χ1v) is 9.26. The van der Waals surface area contributed by atoms with Crippen molar-refractivity contribution in [2.75, 3.05) is 0 Å². The molecule has 134 valence electrons. The Hall–Kier alpha value is -1.90. The van der Waals surface area contributed by atoms with E-state index in [2.05, 4.69) is 73.9 Å². The van der Waals surface area contributed by atoms with E-state index >= 15 is 0 Å². The van der Waals surface area contributed by atoms with E-state index in [1.54, 1.807) is 0 Å². The molecule has 2 aromatic rings. The monoisotopic (exact) mass is 337 g/mol. The van der Waals surface area contributed by atoms with Crippen LogP contribution in [0.3, 0.4) is 0 Å². The Morgan fingerprint density at radius 3 is 1.84 bits per heavy atom. The molecule has 0 aliphatic rings. The summed E-state index contributed by atoms with van der Waals surface area (Å²) in [4.78, 5) is 2.42. The number of aliphatic hydroxyl groups excluding tert-OH is 1. The fourth-order valence-corrected chi connectivity index (χ4v) is 3.44. The second kappa shape index (κ2) is 10.2. The Morgan fingerprint density at radius 1 is 0.960 bits per heavy atom. The molecule has 2 rings (SSSR count). The highest BCUT2D eigenvalue weighted by Crippen LogP contribution is 2.24. The summed E-state index contributed by atoms with van der Waals surface area (Å²) in [7, 11) is 0. The predicted molar refractivity (Wildman–Crippen MR) is 106 cm³/mol. The van der Waals surface area contributed by atoms with Crippen molar-refractivity contribution in [3.63, 3.8) is 0 Å². The first-order valence-electron chi connectivity index (χ1n) is 9.26.